The maximum absolute atomic E-state index is 3.51. The van der Waals surface area contributed by atoms with Crippen LogP contribution in [0.3, 0.4) is 0 Å². The van der Waals surface area contributed by atoms with Crippen molar-refractivity contribution < 1.29 is 0 Å². The van der Waals surface area contributed by atoms with Crippen LogP contribution < -0.4 is 0 Å². The first-order valence-corrected chi connectivity index (χ1v) is 8.42. The summed E-state index contributed by atoms with van der Waals surface area (Å²) in [6, 6.07) is 19.5. The van der Waals surface area contributed by atoms with Crippen molar-refractivity contribution >= 4 is 0 Å². The lowest BCUT2D eigenvalue weighted by Gasteiger charge is -2.40. The maximum atomic E-state index is 3.51. The van der Waals surface area contributed by atoms with Gasteiger partial charge in [-0.3, -0.25) is 0 Å². The average Bonchev–Trinajstić information content (AvgIpc) is 3.32. The fraction of sp³-hybridized carbons (Fsp3) is 0.238. The molecule has 0 saturated carbocycles. The number of benzene rings is 1. The monoisotopic (exact) mass is 302 g/mol. The van der Waals surface area contributed by atoms with Crippen LogP contribution in [0.25, 0.3) is 0 Å². The first kappa shape index (κ1) is 14.1. The summed E-state index contributed by atoms with van der Waals surface area (Å²) >= 11 is 0. The second kappa shape index (κ2) is 5.96. The standard InChI is InChI=1S/C21H22N2/c1-3-9-17(10-4-1)21(19-13-7-15-22-19,20-14-8-16-23-20)18-11-5-2-6-12-18/h1,3-5,7-11,13-16,18,22-23H,2,6,12H2. The summed E-state index contributed by atoms with van der Waals surface area (Å²) in [6.45, 7) is 0. The lowest BCUT2D eigenvalue weighted by molar-refractivity contribution is 0.385. The molecule has 4 rings (SSSR count). The molecule has 0 amide bonds. The Morgan fingerprint density at radius 2 is 1.52 bits per heavy atom. The van der Waals surface area contributed by atoms with Crippen LogP contribution in [0.5, 0.6) is 0 Å². The molecule has 23 heavy (non-hydrogen) atoms. The van der Waals surface area contributed by atoms with Crippen molar-refractivity contribution in [3.8, 4) is 0 Å². The van der Waals surface area contributed by atoms with E-state index in [-0.39, 0.29) is 5.41 Å². The minimum Gasteiger partial charge on any atom is -0.364 e. The molecule has 2 aromatic heterocycles. The molecule has 116 valence electrons. The van der Waals surface area contributed by atoms with Crippen LogP contribution in [0.4, 0.5) is 0 Å². The van der Waals surface area contributed by atoms with E-state index in [2.05, 4.69) is 76.7 Å². The third-order valence-corrected chi connectivity index (χ3v) is 5.09. The molecule has 0 bridgehead atoms. The van der Waals surface area contributed by atoms with Crippen molar-refractivity contribution in [2.75, 3.05) is 0 Å². The Kier molecular flexibility index (Phi) is 3.66. The van der Waals surface area contributed by atoms with Gasteiger partial charge in [-0.2, -0.15) is 0 Å². The Hall–Kier alpha value is -2.48. The van der Waals surface area contributed by atoms with Gasteiger partial charge in [-0.05, 0) is 55.0 Å². The molecule has 1 atom stereocenters. The number of allylic oxidation sites excluding steroid dienone is 2. The van der Waals surface area contributed by atoms with E-state index < -0.39 is 0 Å². The number of nitrogens with one attached hydrogen (secondary N) is 2. The van der Waals surface area contributed by atoms with E-state index in [0.717, 1.165) is 0 Å². The van der Waals surface area contributed by atoms with E-state index in [1.54, 1.807) is 0 Å². The van der Waals surface area contributed by atoms with E-state index >= 15 is 0 Å². The molecule has 2 heterocycles. The highest BCUT2D eigenvalue weighted by atomic mass is 14.8. The predicted molar refractivity (Wildman–Crippen MR) is 94.4 cm³/mol. The third kappa shape index (κ3) is 2.26. The van der Waals surface area contributed by atoms with Gasteiger partial charge in [-0.15, -0.1) is 0 Å². The molecule has 1 unspecified atom stereocenters. The number of hydrogen-bond acceptors (Lipinski definition) is 0. The van der Waals surface area contributed by atoms with Crippen molar-refractivity contribution in [1.82, 2.24) is 9.97 Å². The molecule has 0 radical (unpaired) electrons. The molecule has 3 aromatic rings. The second-order valence-corrected chi connectivity index (χ2v) is 6.31. The SMILES string of the molecule is C1=CC(C(c2ccccc2)(c2ccc[nH]2)c2ccc[nH]2)CCC1. The van der Waals surface area contributed by atoms with Crippen LogP contribution in [-0.2, 0) is 5.41 Å². The Morgan fingerprint density at radius 1 is 0.826 bits per heavy atom. The topological polar surface area (TPSA) is 31.6 Å². The molecular weight excluding hydrogens is 280 g/mol. The molecule has 0 fully saturated rings. The van der Waals surface area contributed by atoms with Crippen LogP contribution in [0.2, 0.25) is 0 Å². The van der Waals surface area contributed by atoms with Crippen molar-refractivity contribution in [3.63, 3.8) is 0 Å². The molecular formula is C21H22N2. The largest absolute Gasteiger partial charge is 0.364 e. The zero-order valence-electron chi connectivity index (χ0n) is 13.2. The summed E-state index contributed by atoms with van der Waals surface area (Å²) in [5.41, 5.74) is 3.65. The molecule has 0 spiro atoms. The highest BCUT2D eigenvalue weighted by molar-refractivity contribution is 5.48. The van der Waals surface area contributed by atoms with Gasteiger partial charge < -0.3 is 9.97 Å². The smallest absolute Gasteiger partial charge is 0.0813 e. The van der Waals surface area contributed by atoms with Crippen molar-refractivity contribution in [2.24, 2.45) is 5.92 Å². The molecule has 1 aliphatic carbocycles. The minimum atomic E-state index is -0.189. The van der Waals surface area contributed by atoms with Crippen LogP contribution in [0.1, 0.15) is 36.2 Å². The molecule has 0 saturated heterocycles. The summed E-state index contributed by atoms with van der Waals surface area (Å²) < 4.78 is 0. The lowest BCUT2D eigenvalue weighted by atomic mass is 9.63. The van der Waals surface area contributed by atoms with Crippen LogP contribution >= 0.6 is 0 Å². The van der Waals surface area contributed by atoms with Crippen molar-refractivity contribution in [3.05, 3.63) is 96.1 Å². The Bertz CT molecular complexity index is 717. The number of hydrogen-bond donors (Lipinski definition) is 2. The van der Waals surface area contributed by atoms with E-state index in [9.17, 15) is 0 Å². The van der Waals surface area contributed by atoms with Crippen LogP contribution in [0, 0.1) is 5.92 Å². The summed E-state index contributed by atoms with van der Waals surface area (Å²) in [7, 11) is 0. The average molecular weight is 302 g/mol. The molecule has 1 aromatic carbocycles. The molecule has 2 heteroatoms. The van der Waals surface area contributed by atoms with Crippen molar-refractivity contribution in [1.29, 1.82) is 0 Å². The lowest BCUT2D eigenvalue weighted by Crippen LogP contribution is -2.38. The van der Waals surface area contributed by atoms with Gasteiger partial charge in [0, 0.05) is 23.8 Å². The highest BCUT2D eigenvalue weighted by Gasteiger charge is 2.44. The molecule has 1 aliphatic rings. The van der Waals surface area contributed by atoms with Gasteiger partial charge in [0.25, 0.3) is 0 Å². The van der Waals surface area contributed by atoms with Crippen LogP contribution in [0.15, 0.2) is 79.1 Å². The van der Waals surface area contributed by atoms with Gasteiger partial charge in [0.15, 0.2) is 0 Å². The zero-order chi connectivity index (χ0) is 15.5. The normalized spacial score (nSPS) is 18.2. The Balaban J connectivity index is 2.01. The number of H-pyrrole nitrogens is 2. The van der Waals surface area contributed by atoms with Gasteiger partial charge in [0.05, 0.1) is 5.41 Å². The van der Waals surface area contributed by atoms with E-state index in [1.807, 2.05) is 12.4 Å². The van der Waals surface area contributed by atoms with Gasteiger partial charge in [0.1, 0.15) is 0 Å². The maximum Gasteiger partial charge on any atom is 0.0813 e. The fourth-order valence-corrected chi connectivity index (χ4v) is 4.10. The summed E-state index contributed by atoms with van der Waals surface area (Å²) in [4.78, 5) is 7.02. The molecule has 2 N–H and O–H groups in total. The number of aromatic nitrogens is 2. The Morgan fingerprint density at radius 3 is 2.04 bits per heavy atom. The Labute approximate surface area is 137 Å². The van der Waals surface area contributed by atoms with Gasteiger partial charge in [-0.1, -0.05) is 42.5 Å². The second-order valence-electron chi connectivity index (χ2n) is 6.31. The van der Waals surface area contributed by atoms with Gasteiger partial charge >= 0.3 is 0 Å². The van der Waals surface area contributed by atoms with E-state index in [1.165, 1.54) is 36.2 Å². The predicted octanol–water partition coefficient (Wildman–Crippen LogP) is 5.03. The molecule has 2 nitrogen and oxygen atoms in total. The third-order valence-electron chi connectivity index (χ3n) is 5.09. The van der Waals surface area contributed by atoms with E-state index in [4.69, 9.17) is 0 Å². The van der Waals surface area contributed by atoms with Crippen LogP contribution in [-0.4, -0.2) is 9.97 Å². The highest BCUT2D eigenvalue weighted by Crippen LogP contribution is 2.47. The fourth-order valence-electron chi connectivity index (χ4n) is 4.10. The first-order valence-electron chi connectivity index (χ1n) is 8.42. The number of rotatable bonds is 4. The zero-order valence-corrected chi connectivity index (χ0v) is 13.2. The summed E-state index contributed by atoms with van der Waals surface area (Å²) in [6.07, 6.45) is 12.5. The number of aromatic amines is 2. The quantitative estimate of drug-likeness (QED) is 0.633. The summed E-state index contributed by atoms with van der Waals surface area (Å²) in [5, 5.41) is 0. The first-order chi connectivity index (χ1) is 11.4. The van der Waals surface area contributed by atoms with Gasteiger partial charge in [0.2, 0.25) is 0 Å². The summed E-state index contributed by atoms with van der Waals surface area (Å²) in [5.74, 6) is 0.441. The van der Waals surface area contributed by atoms with E-state index in [0.29, 0.717) is 5.92 Å². The van der Waals surface area contributed by atoms with Crippen molar-refractivity contribution in [2.45, 2.75) is 24.7 Å². The molecule has 0 aliphatic heterocycles. The minimum absolute atomic E-state index is 0.189. The van der Waals surface area contributed by atoms with Gasteiger partial charge in [-0.25, -0.2) is 0 Å².